The lowest BCUT2D eigenvalue weighted by molar-refractivity contribution is 0.313. The molecule has 3 fully saturated rings. The summed E-state index contributed by atoms with van der Waals surface area (Å²) in [6.45, 7) is 4.61. The van der Waals surface area contributed by atoms with Crippen molar-refractivity contribution in [2.45, 2.75) is 49.8 Å². The van der Waals surface area contributed by atoms with E-state index in [-0.39, 0.29) is 16.7 Å². The first-order chi connectivity index (χ1) is 18.9. The molecule has 2 heterocycles. The number of aromatic nitrogens is 1. The van der Waals surface area contributed by atoms with Crippen molar-refractivity contribution < 1.29 is 13.5 Å². The van der Waals surface area contributed by atoms with Crippen LogP contribution in [0.2, 0.25) is 0 Å². The maximum atomic E-state index is 13.0. The van der Waals surface area contributed by atoms with Crippen LogP contribution in [0.3, 0.4) is 0 Å². The third-order valence-electron chi connectivity index (χ3n) is 8.54. The molecule has 2 aromatic carbocycles. The number of benzene rings is 2. The molecule has 2 aliphatic carbocycles. The number of fused-ring (bicyclic) bond motifs is 1. The van der Waals surface area contributed by atoms with Gasteiger partial charge in [0.1, 0.15) is 0 Å². The molecule has 0 atom stereocenters. The normalized spacial score (nSPS) is 20.1. The minimum absolute atomic E-state index is 0.0452. The molecule has 3 aromatic rings. The van der Waals surface area contributed by atoms with E-state index >= 15 is 0 Å². The van der Waals surface area contributed by atoms with Crippen LogP contribution in [0, 0.1) is 11.8 Å². The Bertz CT molecular complexity index is 1450. The molecule has 2 saturated carbocycles. The number of piperazine rings is 1. The van der Waals surface area contributed by atoms with Crippen molar-refractivity contribution in [3.8, 4) is 5.88 Å². The third kappa shape index (κ3) is 5.85. The number of hydrogen-bond acceptors (Lipinski definition) is 6. The summed E-state index contributed by atoms with van der Waals surface area (Å²) in [5.74, 6) is 0.695. The minimum atomic E-state index is -3.64. The van der Waals surface area contributed by atoms with Gasteiger partial charge in [-0.2, -0.15) is 0 Å². The summed E-state index contributed by atoms with van der Waals surface area (Å²) in [4.78, 5) is 13.2. The van der Waals surface area contributed by atoms with Crippen LogP contribution >= 0.6 is 0 Å². The fraction of sp³-hybridized carbons (Fsp3) is 0.500. The fourth-order valence-electron chi connectivity index (χ4n) is 5.89. The maximum absolute atomic E-state index is 13.0. The number of sulfonamides is 1. The topological polar surface area (TPSA) is 101 Å². The smallest absolute Gasteiger partial charge is 0.240 e. The highest BCUT2D eigenvalue weighted by Crippen LogP contribution is 2.37. The Labute approximate surface area is 231 Å². The highest BCUT2D eigenvalue weighted by molar-refractivity contribution is 7.89. The zero-order valence-corrected chi connectivity index (χ0v) is 23.5. The van der Waals surface area contributed by atoms with E-state index < -0.39 is 10.0 Å². The Morgan fingerprint density at radius 2 is 1.72 bits per heavy atom. The average Bonchev–Trinajstić information content (AvgIpc) is 3.73. The van der Waals surface area contributed by atoms with Crippen molar-refractivity contribution in [3.63, 3.8) is 0 Å². The third-order valence-corrected chi connectivity index (χ3v) is 9.96. The first-order valence-corrected chi connectivity index (χ1v) is 15.8. The Kier molecular flexibility index (Phi) is 7.39. The maximum Gasteiger partial charge on any atom is 0.240 e. The highest BCUT2D eigenvalue weighted by Gasteiger charge is 2.28. The predicted octanol–water partition coefficient (Wildman–Crippen LogP) is 5.01. The van der Waals surface area contributed by atoms with Crippen molar-refractivity contribution in [3.05, 3.63) is 48.0 Å². The van der Waals surface area contributed by atoms with Gasteiger partial charge in [-0.05, 0) is 81.1 Å². The van der Waals surface area contributed by atoms with Gasteiger partial charge in [0.05, 0.1) is 21.9 Å². The van der Waals surface area contributed by atoms with Crippen LogP contribution in [0.25, 0.3) is 10.9 Å². The summed E-state index contributed by atoms with van der Waals surface area (Å²) in [5.41, 5.74) is 4.21. The molecule has 6 rings (SSSR count). The Balaban J connectivity index is 1.36. The molecule has 208 valence electrons. The van der Waals surface area contributed by atoms with Gasteiger partial charge in [-0.1, -0.05) is 19.3 Å². The monoisotopic (exact) mass is 549 g/mol. The van der Waals surface area contributed by atoms with Gasteiger partial charge < -0.3 is 19.9 Å². The van der Waals surface area contributed by atoms with Crippen LogP contribution in [0.15, 0.2) is 52.4 Å². The highest BCUT2D eigenvalue weighted by atomic mass is 32.2. The quantitative estimate of drug-likeness (QED) is 0.343. The summed E-state index contributed by atoms with van der Waals surface area (Å²) >= 11 is 0. The number of aromatic hydroxyl groups is 1. The number of aromatic amines is 1. The molecule has 0 unspecified atom stereocenters. The van der Waals surface area contributed by atoms with Gasteiger partial charge in [0, 0.05) is 55.2 Å². The second-order valence-electron chi connectivity index (χ2n) is 11.5. The number of likely N-dealkylation sites (N-methyl/N-ethyl adjacent to an activating group) is 1. The Morgan fingerprint density at radius 3 is 2.41 bits per heavy atom. The molecule has 1 aliphatic heterocycles. The van der Waals surface area contributed by atoms with Crippen LogP contribution in [-0.4, -0.2) is 68.9 Å². The largest absolute Gasteiger partial charge is 0.494 e. The van der Waals surface area contributed by atoms with Crippen LogP contribution in [0.4, 0.5) is 11.4 Å². The van der Waals surface area contributed by atoms with Gasteiger partial charge in [0.2, 0.25) is 10.0 Å². The first kappa shape index (κ1) is 26.3. The lowest BCUT2D eigenvalue weighted by Gasteiger charge is -2.34. The van der Waals surface area contributed by atoms with E-state index in [0.29, 0.717) is 28.9 Å². The SMILES string of the molecule is CN1CCN(c2ccc(N=C(c3c(O)[nH]c4ccc(S(=O)(=O)NCC5CC5)cc34)C3CCCCC3)cc2)CC1. The molecule has 39 heavy (non-hydrogen) atoms. The first-order valence-electron chi connectivity index (χ1n) is 14.3. The number of H-pyrrole nitrogens is 1. The second kappa shape index (κ2) is 10.9. The molecule has 0 radical (unpaired) electrons. The van der Waals surface area contributed by atoms with Gasteiger partial charge in [0.25, 0.3) is 0 Å². The molecule has 0 spiro atoms. The molecule has 1 aromatic heterocycles. The molecule has 3 aliphatic rings. The van der Waals surface area contributed by atoms with Crippen molar-refractivity contribution in [2.24, 2.45) is 16.8 Å². The van der Waals surface area contributed by atoms with E-state index in [1.807, 2.05) is 0 Å². The lowest BCUT2D eigenvalue weighted by atomic mass is 9.83. The second-order valence-corrected chi connectivity index (χ2v) is 13.3. The van der Waals surface area contributed by atoms with Crippen molar-refractivity contribution in [2.75, 3.05) is 44.7 Å². The summed E-state index contributed by atoms with van der Waals surface area (Å²) in [5, 5.41) is 11.8. The molecule has 3 N–H and O–H groups in total. The predicted molar refractivity (Wildman–Crippen MR) is 157 cm³/mol. The van der Waals surface area contributed by atoms with E-state index in [2.05, 4.69) is 50.8 Å². The molecule has 0 bridgehead atoms. The molecular formula is C30H39N5O3S. The van der Waals surface area contributed by atoms with Crippen molar-refractivity contribution in [1.29, 1.82) is 0 Å². The number of hydrogen-bond donors (Lipinski definition) is 3. The zero-order valence-electron chi connectivity index (χ0n) is 22.7. The standard InChI is InChI=1S/C30H39N5O3S/c1-34-15-17-35(18-16-34)24-11-9-23(10-12-24)32-29(22-5-3-2-4-6-22)28-26-19-25(13-14-27(26)33-30(28)36)39(37,38)31-20-21-7-8-21/h9-14,19,21-22,31,33,36H,2-8,15-18,20H2,1H3. The average molecular weight is 550 g/mol. The zero-order chi connectivity index (χ0) is 27.0. The van der Waals surface area contributed by atoms with Crippen molar-refractivity contribution >= 4 is 38.0 Å². The van der Waals surface area contributed by atoms with Crippen LogP contribution in [0.5, 0.6) is 5.88 Å². The van der Waals surface area contributed by atoms with Crippen LogP contribution in [-0.2, 0) is 10.0 Å². The van der Waals surface area contributed by atoms with Gasteiger partial charge in [-0.15, -0.1) is 0 Å². The number of nitrogens with one attached hydrogen (secondary N) is 2. The minimum Gasteiger partial charge on any atom is -0.494 e. The van der Waals surface area contributed by atoms with Gasteiger partial charge in [-0.25, -0.2) is 13.1 Å². The molecule has 1 saturated heterocycles. The Morgan fingerprint density at radius 1 is 1.00 bits per heavy atom. The number of nitrogens with zero attached hydrogens (tertiary/aromatic N) is 3. The van der Waals surface area contributed by atoms with E-state index in [0.717, 1.165) is 76.1 Å². The van der Waals surface area contributed by atoms with Crippen LogP contribution in [0.1, 0.15) is 50.5 Å². The number of aliphatic imine (C=N–C) groups is 1. The number of anilines is 1. The summed E-state index contributed by atoms with van der Waals surface area (Å²) in [6.07, 6.45) is 7.62. The molecule has 9 heteroatoms. The lowest BCUT2D eigenvalue weighted by Crippen LogP contribution is -2.44. The molecule has 0 amide bonds. The van der Waals surface area contributed by atoms with Crippen LogP contribution < -0.4 is 9.62 Å². The summed E-state index contributed by atoms with van der Waals surface area (Å²) < 4.78 is 28.9. The molecular weight excluding hydrogens is 510 g/mol. The van der Waals surface area contributed by atoms with E-state index in [1.165, 1.54) is 12.1 Å². The van der Waals surface area contributed by atoms with E-state index in [4.69, 9.17) is 4.99 Å². The van der Waals surface area contributed by atoms with Gasteiger partial charge in [-0.3, -0.25) is 4.99 Å². The Hall–Kier alpha value is -2.88. The van der Waals surface area contributed by atoms with Gasteiger partial charge in [0.15, 0.2) is 5.88 Å². The molecule has 8 nitrogen and oxygen atoms in total. The van der Waals surface area contributed by atoms with Gasteiger partial charge >= 0.3 is 0 Å². The number of rotatable bonds is 8. The summed E-state index contributed by atoms with van der Waals surface area (Å²) in [6, 6.07) is 13.4. The van der Waals surface area contributed by atoms with E-state index in [9.17, 15) is 13.5 Å². The van der Waals surface area contributed by atoms with Crippen molar-refractivity contribution in [1.82, 2.24) is 14.6 Å². The van der Waals surface area contributed by atoms with E-state index in [1.54, 1.807) is 18.2 Å². The summed E-state index contributed by atoms with van der Waals surface area (Å²) in [7, 11) is -1.48. The fourth-order valence-corrected chi connectivity index (χ4v) is 7.03.